The fraction of sp³-hybridized carbons (Fsp3) is 0.947. The Hall–Kier alpha value is -0.570. The van der Waals surface area contributed by atoms with Crippen LogP contribution in [0.4, 0.5) is 0 Å². The first-order chi connectivity index (χ1) is 10.8. The second kappa shape index (κ2) is 12.9. The molecule has 0 N–H and O–H groups in total. The van der Waals surface area contributed by atoms with Crippen molar-refractivity contribution in [2.75, 3.05) is 7.11 Å². The van der Waals surface area contributed by atoms with E-state index in [1.54, 1.807) is 0 Å². The monoisotopic (exact) mass is 312 g/mol. The molecule has 2 atom stereocenters. The molecule has 0 aromatic rings. The van der Waals surface area contributed by atoms with E-state index in [1.807, 2.05) is 0 Å². The Morgan fingerprint density at radius 2 is 1.55 bits per heavy atom. The van der Waals surface area contributed by atoms with Crippen LogP contribution in [0.5, 0.6) is 0 Å². The molecule has 1 saturated heterocycles. The number of ether oxygens (including phenoxy) is 2. The Labute approximate surface area is 137 Å². The lowest BCUT2D eigenvalue weighted by atomic mass is 9.96. The molecule has 3 nitrogen and oxygen atoms in total. The Kier molecular flexibility index (Phi) is 11.4. The summed E-state index contributed by atoms with van der Waals surface area (Å²) in [7, 11) is 1.46. The van der Waals surface area contributed by atoms with Crippen LogP contribution in [-0.2, 0) is 14.3 Å². The summed E-state index contributed by atoms with van der Waals surface area (Å²) in [6.45, 7) is 2.26. The zero-order valence-electron chi connectivity index (χ0n) is 14.8. The van der Waals surface area contributed by atoms with Crippen molar-refractivity contribution < 1.29 is 14.3 Å². The van der Waals surface area contributed by atoms with E-state index < -0.39 is 0 Å². The van der Waals surface area contributed by atoms with Gasteiger partial charge in [-0.05, 0) is 38.5 Å². The molecule has 0 saturated carbocycles. The minimum absolute atomic E-state index is 0.0790. The van der Waals surface area contributed by atoms with E-state index in [9.17, 15) is 4.79 Å². The molecule has 0 radical (unpaired) electrons. The zero-order valence-corrected chi connectivity index (χ0v) is 14.8. The number of unbranched alkanes of at least 4 members (excludes halogenated alkanes) is 6. The minimum atomic E-state index is -0.0790. The van der Waals surface area contributed by atoms with Gasteiger partial charge in [-0.1, -0.05) is 51.9 Å². The molecule has 130 valence electrons. The van der Waals surface area contributed by atoms with Crippen molar-refractivity contribution in [1.29, 1.82) is 0 Å². The summed E-state index contributed by atoms with van der Waals surface area (Å²) >= 11 is 0. The smallest absolute Gasteiger partial charge is 0.305 e. The topological polar surface area (TPSA) is 35.5 Å². The fourth-order valence-electron chi connectivity index (χ4n) is 3.30. The van der Waals surface area contributed by atoms with Gasteiger partial charge in [0.2, 0.25) is 0 Å². The zero-order chi connectivity index (χ0) is 16.0. The van der Waals surface area contributed by atoms with Gasteiger partial charge in [0, 0.05) is 6.42 Å². The lowest BCUT2D eigenvalue weighted by Gasteiger charge is -2.30. The SMILES string of the molecule is CCCCCC1CCCC(CCCCCCCC(=O)OC)O1. The summed E-state index contributed by atoms with van der Waals surface area (Å²) in [5.74, 6) is -0.0790. The van der Waals surface area contributed by atoms with Gasteiger partial charge in [0.05, 0.1) is 19.3 Å². The summed E-state index contributed by atoms with van der Waals surface area (Å²) < 4.78 is 10.9. The van der Waals surface area contributed by atoms with E-state index in [1.165, 1.54) is 77.7 Å². The second-order valence-electron chi connectivity index (χ2n) is 6.69. The number of methoxy groups -OCH3 is 1. The molecule has 0 aliphatic carbocycles. The third-order valence-corrected chi connectivity index (χ3v) is 4.70. The van der Waals surface area contributed by atoms with Crippen molar-refractivity contribution in [3.63, 3.8) is 0 Å². The Bertz CT molecular complexity index is 278. The molecular weight excluding hydrogens is 276 g/mol. The summed E-state index contributed by atoms with van der Waals surface area (Å²) in [4.78, 5) is 11.0. The van der Waals surface area contributed by atoms with Crippen LogP contribution < -0.4 is 0 Å². The van der Waals surface area contributed by atoms with Crippen molar-refractivity contribution in [2.24, 2.45) is 0 Å². The molecule has 2 unspecified atom stereocenters. The molecule has 0 spiro atoms. The maximum atomic E-state index is 11.0. The Morgan fingerprint density at radius 1 is 0.955 bits per heavy atom. The van der Waals surface area contributed by atoms with Crippen LogP contribution in [0.25, 0.3) is 0 Å². The van der Waals surface area contributed by atoms with Gasteiger partial charge in [0.15, 0.2) is 0 Å². The Morgan fingerprint density at radius 3 is 2.18 bits per heavy atom. The van der Waals surface area contributed by atoms with Gasteiger partial charge >= 0.3 is 5.97 Å². The van der Waals surface area contributed by atoms with Gasteiger partial charge in [0.1, 0.15) is 0 Å². The molecule has 1 fully saturated rings. The molecule has 0 aromatic carbocycles. The van der Waals surface area contributed by atoms with Crippen molar-refractivity contribution >= 4 is 5.97 Å². The first kappa shape index (κ1) is 19.5. The first-order valence-electron chi connectivity index (χ1n) is 9.48. The highest BCUT2D eigenvalue weighted by Crippen LogP contribution is 2.26. The second-order valence-corrected chi connectivity index (χ2v) is 6.69. The third-order valence-electron chi connectivity index (χ3n) is 4.70. The average Bonchev–Trinajstić information content (AvgIpc) is 2.54. The lowest BCUT2D eigenvalue weighted by Crippen LogP contribution is -2.27. The maximum Gasteiger partial charge on any atom is 0.305 e. The highest BCUT2D eigenvalue weighted by atomic mass is 16.5. The predicted octanol–water partition coefficient (Wildman–Crippen LogP) is 5.41. The standard InChI is InChI=1S/C19H36O3/c1-3-4-8-12-17-14-11-15-18(22-17)13-9-6-5-7-10-16-19(20)21-2/h17-18H,3-16H2,1-2H3. The van der Waals surface area contributed by atoms with Gasteiger partial charge in [-0.25, -0.2) is 0 Å². The van der Waals surface area contributed by atoms with E-state index in [-0.39, 0.29) is 5.97 Å². The summed E-state index contributed by atoms with van der Waals surface area (Å²) in [6.07, 6.45) is 17.8. The van der Waals surface area contributed by atoms with Gasteiger partial charge in [-0.2, -0.15) is 0 Å². The summed E-state index contributed by atoms with van der Waals surface area (Å²) in [6, 6.07) is 0. The molecule has 0 amide bonds. The predicted molar refractivity (Wildman–Crippen MR) is 91.0 cm³/mol. The van der Waals surface area contributed by atoms with Crippen molar-refractivity contribution in [2.45, 2.75) is 109 Å². The molecule has 1 aliphatic heterocycles. The number of hydrogen-bond acceptors (Lipinski definition) is 3. The van der Waals surface area contributed by atoms with E-state index in [0.717, 1.165) is 12.8 Å². The van der Waals surface area contributed by atoms with E-state index in [4.69, 9.17) is 4.74 Å². The number of carbonyl (C=O) groups is 1. The third kappa shape index (κ3) is 9.45. The van der Waals surface area contributed by atoms with E-state index in [2.05, 4.69) is 11.7 Å². The minimum Gasteiger partial charge on any atom is -0.469 e. The van der Waals surface area contributed by atoms with Crippen molar-refractivity contribution in [3.05, 3.63) is 0 Å². The van der Waals surface area contributed by atoms with Crippen LogP contribution >= 0.6 is 0 Å². The lowest BCUT2D eigenvalue weighted by molar-refractivity contribution is -0.140. The van der Waals surface area contributed by atoms with Crippen molar-refractivity contribution in [1.82, 2.24) is 0 Å². The van der Waals surface area contributed by atoms with Crippen LogP contribution in [0.3, 0.4) is 0 Å². The average molecular weight is 312 g/mol. The number of esters is 1. The Balaban J connectivity index is 1.96. The summed E-state index contributed by atoms with van der Waals surface area (Å²) in [5, 5.41) is 0. The number of hydrogen-bond donors (Lipinski definition) is 0. The van der Waals surface area contributed by atoms with Gasteiger partial charge < -0.3 is 9.47 Å². The molecule has 1 heterocycles. The maximum absolute atomic E-state index is 11.0. The number of rotatable bonds is 12. The van der Waals surface area contributed by atoms with Crippen molar-refractivity contribution in [3.8, 4) is 0 Å². The summed E-state index contributed by atoms with van der Waals surface area (Å²) in [5.41, 5.74) is 0. The first-order valence-corrected chi connectivity index (χ1v) is 9.48. The van der Waals surface area contributed by atoms with Gasteiger partial charge in [-0.3, -0.25) is 4.79 Å². The molecule has 0 bridgehead atoms. The molecule has 0 aromatic heterocycles. The van der Waals surface area contributed by atoms with Crippen LogP contribution in [0.1, 0.15) is 96.8 Å². The fourth-order valence-corrected chi connectivity index (χ4v) is 3.30. The van der Waals surface area contributed by atoms with Gasteiger partial charge in [0.25, 0.3) is 0 Å². The van der Waals surface area contributed by atoms with E-state index in [0.29, 0.717) is 18.6 Å². The molecule has 1 rings (SSSR count). The van der Waals surface area contributed by atoms with Crippen LogP contribution in [-0.4, -0.2) is 25.3 Å². The van der Waals surface area contributed by atoms with Gasteiger partial charge in [-0.15, -0.1) is 0 Å². The normalized spacial score (nSPS) is 21.7. The van der Waals surface area contributed by atoms with Crippen LogP contribution in [0.15, 0.2) is 0 Å². The van der Waals surface area contributed by atoms with E-state index >= 15 is 0 Å². The molecule has 22 heavy (non-hydrogen) atoms. The molecule has 3 heteroatoms. The quantitative estimate of drug-likeness (QED) is 0.357. The van der Waals surface area contributed by atoms with Crippen LogP contribution in [0, 0.1) is 0 Å². The molecule has 1 aliphatic rings. The number of carbonyl (C=O) groups excluding carboxylic acids is 1. The molecular formula is C19H36O3. The highest BCUT2D eigenvalue weighted by molar-refractivity contribution is 5.68. The largest absolute Gasteiger partial charge is 0.469 e. The highest BCUT2D eigenvalue weighted by Gasteiger charge is 2.21. The van der Waals surface area contributed by atoms with Crippen LogP contribution in [0.2, 0.25) is 0 Å².